The van der Waals surface area contributed by atoms with E-state index in [1.807, 2.05) is 12.1 Å². The van der Waals surface area contributed by atoms with Crippen molar-refractivity contribution in [3.8, 4) is 72.7 Å². The minimum Gasteiger partial charge on any atom is -0.390 e. The van der Waals surface area contributed by atoms with Crippen LogP contribution in [0.4, 0.5) is 26.3 Å². The Morgan fingerprint density at radius 1 is 0.424 bits per heavy atom. The van der Waals surface area contributed by atoms with Gasteiger partial charge in [-0.25, -0.2) is 54.4 Å². The molecule has 634 valence electrons. The average molecular weight is 1690 g/mol. The van der Waals surface area contributed by atoms with Crippen LogP contribution in [0.15, 0.2) is 192 Å². The molecule has 0 saturated heterocycles. The number of carbonyl (C=O) groups is 3. The fraction of sp³-hybridized carbons (Fsp3) is 0.214. The van der Waals surface area contributed by atoms with Gasteiger partial charge >= 0.3 is 17.1 Å². The highest BCUT2D eigenvalue weighted by molar-refractivity contribution is 6.05. The van der Waals surface area contributed by atoms with E-state index in [4.69, 9.17) is 17.2 Å². The molecule has 0 unspecified atom stereocenters. The maximum Gasteiger partial charge on any atom is 0.335 e. The highest BCUT2D eigenvalue weighted by Crippen LogP contribution is 2.53. The predicted octanol–water partition coefficient (Wildman–Crippen LogP) is 14.9. The van der Waals surface area contributed by atoms with Crippen LogP contribution in [0.3, 0.4) is 0 Å². The number of benzene rings is 11. The van der Waals surface area contributed by atoms with E-state index in [2.05, 4.69) is 9.97 Å². The van der Waals surface area contributed by atoms with Crippen LogP contribution in [0.1, 0.15) is 159 Å². The SMILES string of the molecule is Cc1c(-c2c(F)cc(C(N)=O)c3c2-c2ccc(C(C)(C)O)cc2C3)cccc1-n1c(=O)c2cccc(F)c2n(C)c1=O.Cc1c(-c2c(F)cc(C(N)=O)c3c2C2=C(C3)C[C@H](C(C)(C)O)CC2)cccc1-n1c(=O)[nH]c2c(F)cccc2c1=O.Cc1cc(F)c2[nH]c(=O)n(-c3cccc(-c4c(F)cc(C(N)=O)c5c4-c4ccc(C(C)(C)O)cc4C5)c3C)c(=O)c2c1. The first kappa shape index (κ1) is 84.5. The Hall–Kier alpha value is -14.2. The molecule has 11 N–H and O–H groups in total. The summed E-state index contributed by atoms with van der Waals surface area (Å²) in [4.78, 5) is 122. The molecule has 3 aromatic heterocycles. The summed E-state index contributed by atoms with van der Waals surface area (Å²) in [5.74, 6) is -6.40. The van der Waals surface area contributed by atoms with Gasteiger partial charge < -0.3 is 42.5 Å². The number of H-pyrrole nitrogens is 2. The van der Waals surface area contributed by atoms with Gasteiger partial charge in [-0.15, -0.1) is 0 Å². The Morgan fingerprint density at radius 3 is 1.27 bits per heavy atom. The van der Waals surface area contributed by atoms with Crippen LogP contribution in [-0.2, 0) is 37.5 Å². The van der Waals surface area contributed by atoms with Crippen molar-refractivity contribution in [3.05, 3.63) is 344 Å². The second kappa shape index (κ2) is 30.7. The highest BCUT2D eigenvalue weighted by Gasteiger charge is 2.40. The Bertz CT molecular complexity index is 7590. The molecule has 3 heterocycles. The molecule has 4 aliphatic carbocycles. The molecule has 0 saturated carbocycles. The summed E-state index contributed by atoms with van der Waals surface area (Å²) in [7, 11) is 1.39. The van der Waals surface area contributed by atoms with Crippen molar-refractivity contribution >= 4 is 56.0 Å². The Kier molecular flexibility index (Phi) is 20.8. The number of allylic oxidation sites excluding steroid dienone is 2. The van der Waals surface area contributed by atoms with Gasteiger partial charge in [-0.2, -0.15) is 0 Å². The fourth-order valence-corrected chi connectivity index (χ4v) is 18.6. The third-order valence-corrected chi connectivity index (χ3v) is 24.9. The number of para-hydroxylation sites is 2. The van der Waals surface area contributed by atoms with Crippen LogP contribution >= 0.6 is 0 Å². The molecule has 4 aliphatic rings. The van der Waals surface area contributed by atoms with Crippen LogP contribution in [0.25, 0.3) is 111 Å². The minimum atomic E-state index is -1.11. The molecule has 3 amide bonds. The first-order valence-electron chi connectivity index (χ1n) is 40.2. The fourth-order valence-electron chi connectivity index (χ4n) is 18.6. The zero-order valence-corrected chi connectivity index (χ0v) is 69.6. The van der Waals surface area contributed by atoms with Gasteiger partial charge in [-0.1, -0.05) is 90.5 Å². The number of aliphatic hydroxyl groups is 3. The molecule has 0 radical (unpaired) electrons. The molecular weight excluding hydrogens is 1610 g/mol. The number of hydrogen-bond donors (Lipinski definition) is 8. The molecule has 27 heteroatoms. The van der Waals surface area contributed by atoms with Crippen LogP contribution in [0, 0.1) is 68.5 Å². The van der Waals surface area contributed by atoms with Crippen molar-refractivity contribution < 1.29 is 56.0 Å². The summed E-state index contributed by atoms with van der Waals surface area (Å²) in [6.07, 6.45) is 2.94. The van der Waals surface area contributed by atoms with Crippen LogP contribution < -0.4 is 50.9 Å². The van der Waals surface area contributed by atoms with Crippen LogP contribution in [0.2, 0.25) is 0 Å². The van der Waals surface area contributed by atoms with Gasteiger partial charge in [0.05, 0.1) is 66.6 Å². The normalized spacial score (nSPS) is 13.8. The van der Waals surface area contributed by atoms with E-state index in [9.17, 15) is 71.6 Å². The number of rotatable bonds is 12. The number of aryl methyl sites for hydroxylation is 2. The molecule has 18 rings (SSSR count). The molecule has 0 aliphatic heterocycles. The van der Waals surface area contributed by atoms with Crippen LogP contribution in [0.5, 0.6) is 0 Å². The summed E-state index contributed by atoms with van der Waals surface area (Å²) < 4.78 is 95.5. The smallest absolute Gasteiger partial charge is 0.335 e. The Morgan fingerprint density at radius 2 is 0.824 bits per heavy atom. The number of nitrogens with two attached hydrogens (primary N) is 3. The number of nitrogens with one attached hydrogen (secondary N) is 2. The van der Waals surface area contributed by atoms with E-state index in [1.54, 1.807) is 148 Å². The number of fused-ring (bicyclic) bond motifs is 11. The molecule has 21 nitrogen and oxygen atoms in total. The predicted molar refractivity (Wildman–Crippen MR) is 467 cm³/mol. The highest BCUT2D eigenvalue weighted by atomic mass is 19.1. The van der Waals surface area contributed by atoms with E-state index in [0.717, 1.165) is 64.8 Å². The number of aromatic amines is 2. The van der Waals surface area contributed by atoms with Gasteiger partial charge in [0, 0.05) is 40.4 Å². The lowest BCUT2D eigenvalue weighted by Crippen LogP contribution is -2.38. The zero-order chi connectivity index (χ0) is 89.9. The number of aromatic nitrogens is 6. The largest absolute Gasteiger partial charge is 0.390 e. The van der Waals surface area contributed by atoms with E-state index >= 15 is 13.2 Å². The summed E-state index contributed by atoms with van der Waals surface area (Å²) in [6, 6.07) is 39.5. The van der Waals surface area contributed by atoms with Crippen molar-refractivity contribution in [3.63, 3.8) is 0 Å². The molecule has 0 bridgehead atoms. The first-order chi connectivity index (χ1) is 59.0. The standard InChI is InChI=1S/2C33H27F2N3O4.C32H29F2N3O4/c1-16-19(7-6-10-26(16)38-31(40)21-8-5-9-24(34)29(21)37(4)32(38)41)28-25(35)15-23(30(36)39)22-14-17-13-18(33(2,3)42)11-12-20(17)27(22)28;1-15-10-23-29(25(35)11-15)37-32(41)38(31(23)40)26-7-5-6-19(16(26)2)28-24(34)14-22(30(36)39)21-13-17-12-18(33(3,4)42)8-9-20(17)27(21)28;1-15-18(6-5-9-25(15)37-30(39)20-7-4-8-23(33)28(20)36-31(37)40)27-24(34)14-22(29(35)38)21-13-16-12-17(32(2,3)41)10-11-19(16)26(21)27/h5-13,15,42H,14H2,1-4H3,(H2,36,39);5-12,14,42H,13H2,1-4H3,(H2,36,39)(H,37,41);4-9,14,17,41H,10-13H2,1-3H3,(H2,35,38)(H,36,40)/t;;17-/m..1/s1. The number of primary amides is 3. The number of amides is 3. The summed E-state index contributed by atoms with van der Waals surface area (Å²) in [6.45, 7) is 16.9. The average Bonchev–Trinajstić information content (AvgIpc) is 1.65. The zero-order valence-electron chi connectivity index (χ0n) is 69.6. The summed E-state index contributed by atoms with van der Waals surface area (Å²) >= 11 is 0. The third-order valence-electron chi connectivity index (χ3n) is 24.9. The molecule has 14 aromatic rings. The van der Waals surface area contributed by atoms with Crippen molar-refractivity contribution in [1.29, 1.82) is 0 Å². The Balaban J connectivity index is 0.000000138. The van der Waals surface area contributed by atoms with E-state index < -0.39 is 103 Å². The van der Waals surface area contributed by atoms with Crippen LogP contribution in [-0.4, -0.2) is 66.9 Å². The number of halogens is 6. The van der Waals surface area contributed by atoms with Gasteiger partial charge in [0.25, 0.3) is 16.7 Å². The monoisotopic (exact) mass is 1690 g/mol. The van der Waals surface area contributed by atoms with E-state index in [1.165, 1.54) is 49.5 Å². The lowest BCUT2D eigenvalue weighted by atomic mass is 9.75. The summed E-state index contributed by atoms with van der Waals surface area (Å²) in [5, 5.41) is 31.8. The van der Waals surface area contributed by atoms with Crippen molar-refractivity contribution in [1.82, 2.24) is 28.2 Å². The molecule has 1 atom stereocenters. The molecule has 125 heavy (non-hydrogen) atoms. The lowest BCUT2D eigenvalue weighted by Gasteiger charge is -2.33. The van der Waals surface area contributed by atoms with Gasteiger partial charge in [-0.05, 0) is 298 Å². The van der Waals surface area contributed by atoms with Crippen molar-refractivity contribution in [2.75, 3.05) is 0 Å². The van der Waals surface area contributed by atoms with E-state index in [-0.39, 0.29) is 89.1 Å². The molecular formula is C98H83F6N9O12. The number of carbonyl (C=O) groups excluding carboxylic acids is 3. The maximum atomic E-state index is 16.1. The van der Waals surface area contributed by atoms with Crippen molar-refractivity contribution in [2.24, 2.45) is 30.2 Å². The minimum absolute atomic E-state index is 0.00523. The number of hydrogen-bond acceptors (Lipinski definition) is 12. The third kappa shape index (κ3) is 14.1. The van der Waals surface area contributed by atoms with Crippen molar-refractivity contribution in [2.45, 2.75) is 125 Å². The molecule has 0 fully saturated rings. The molecule has 11 aromatic carbocycles. The lowest BCUT2D eigenvalue weighted by molar-refractivity contribution is 0.0122. The summed E-state index contributed by atoms with van der Waals surface area (Å²) in [5.41, 5.74) is 23.2. The maximum absolute atomic E-state index is 16.1. The molecule has 0 spiro atoms. The quantitative estimate of drug-likeness (QED) is 0.0529. The van der Waals surface area contributed by atoms with Gasteiger partial charge in [-0.3, -0.25) is 33.3 Å². The van der Waals surface area contributed by atoms with Gasteiger partial charge in [0.15, 0.2) is 0 Å². The number of nitrogens with zero attached hydrogens (tertiary/aromatic N) is 4. The second-order valence-corrected chi connectivity index (χ2v) is 34.0. The van der Waals surface area contributed by atoms with Gasteiger partial charge in [0.1, 0.15) is 34.9 Å². The second-order valence-electron chi connectivity index (χ2n) is 34.0. The topological polar surface area (TPSA) is 344 Å². The van der Waals surface area contributed by atoms with Gasteiger partial charge in [0.2, 0.25) is 17.7 Å². The first-order valence-corrected chi connectivity index (χ1v) is 40.2. The van der Waals surface area contributed by atoms with E-state index in [0.29, 0.717) is 133 Å². The Labute approximate surface area is 708 Å².